The molecular weight excluding hydrogens is 386 g/mol. The Kier molecular flexibility index (Phi) is 8.91. The van der Waals surface area contributed by atoms with Gasteiger partial charge in [0.25, 0.3) is 5.91 Å². The van der Waals surface area contributed by atoms with Gasteiger partial charge >= 0.3 is 0 Å². The molecule has 2 aromatic rings. The highest BCUT2D eigenvalue weighted by molar-refractivity contribution is 5.94. The van der Waals surface area contributed by atoms with Gasteiger partial charge in [0.05, 0.1) is 6.54 Å². The van der Waals surface area contributed by atoms with Gasteiger partial charge in [-0.15, -0.1) is 0 Å². The second kappa shape index (κ2) is 12.1. The number of carbonyl (C=O) groups is 1. The van der Waals surface area contributed by atoms with Crippen LogP contribution in [0.4, 0.5) is 0 Å². The zero-order chi connectivity index (χ0) is 21.9. The molecule has 0 spiro atoms. The number of nitrogens with zero attached hydrogens (tertiary/aromatic N) is 2. The first kappa shape index (κ1) is 22.8. The lowest BCUT2D eigenvalue weighted by Crippen LogP contribution is -2.38. The monoisotopic (exact) mass is 421 g/mol. The van der Waals surface area contributed by atoms with Crippen molar-refractivity contribution in [1.29, 1.82) is 0 Å². The van der Waals surface area contributed by atoms with Crippen LogP contribution in [-0.4, -0.2) is 50.0 Å². The molecule has 0 aliphatic carbocycles. The number of hydrogen-bond donors (Lipinski definition) is 3. The van der Waals surface area contributed by atoms with Crippen molar-refractivity contribution in [2.24, 2.45) is 4.99 Å². The molecule has 0 atom stereocenters. The summed E-state index contributed by atoms with van der Waals surface area (Å²) in [5, 5.41) is 9.37. The Balaban J connectivity index is 1.50. The molecule has 1 amide bonds. The van der Waals surface area contributed by atoms with Crippen molar-refractivity contribution in [2.45, 2.75) is 39.3 Å². The second-order valence-corrected chi connectivity index (χ2v) is 7.95. The number of nitrogens with one attached hydrogen (secondary N) is 3. The summed E-state index contributed by atoms with van der Waals surface area (Å²) in [5.41, 5.74) is 4.39. The van der Waals surface area contributed by atoms with Crippen molar-refractivity contribution < 1.29 is 4.79 Å². The van der Waals surface area contributed by atoms with Gasteiger partial charge in [-0.05, 0) is 68.1 Å². The molecule has 3 N–H and O–H groups in total. The zero-order valence-corrected chi connectivity index (χ0v) is 18.8. The maximum absolute atomic E-state index is 11.8. The Hall–Kier alpha value is -2.86. The standard InChI is InChI=1S/C25H35N5O/c1-3-27-25(28-14-13-20-7-6-8-23(17-20)24(31)26-2)29-18-21-9-11-22(12-10-21)19-30-15-4-5-16-30/h6-12,17H,3-5,13-16,18-19H2,1-2H3,(H,26,31)(H2,27,28,29). The van der Waals surface area contributed by atoms with E-state index in [0.717, 1.165) is 37.6 Å². The van der Waals surface area contributed by atoms with Gasteiger partial charge in [0.2, 0.25) is 0 Å². The smallest absolute Gasteiger partial charge is 0.251 e. The van der Waals surface area contributed by atoms with Crippen molar-refractivity contribution in [1.82, 2.24) is 20.9 Å². The molecule has 166 valence electrons. The van der Waals surface area contributed by atoms with Crippen LogP contribution in [0.5, 0.6) is 0 Å². The van der Waals surface area contributed by atoms with E-state index < -0.39 is 0 Å². The molecule has 1 saturated heterocycles. The summed E-state index contributed by atoms with van der Waals surface area (Å²) < 4.78 is 0. The van der Waals surface area contributed by atoms with Gasteiger partial charge in [0.15, 0.2) is 5.96 Å². The predicted octanol–water partition coefficient (Wildman–Crippen LogP) is 2.94. The number of benzene rings is 2. The predicted molar refractivity (Wildman–Crippen MR) is 127 cm³/mol. The average Bonchev–Trinajstić information content (AvgIpc) is 3.31. The van der Waals surface area contributed by atoms with Crippen molar-refractivity contribution in [2.75, 3.05) is 33.2 Å². The number of rotatable bonds is 9. The molecule has 2 aromatic carbocycles. The van der Waals surface area contributed by atoms with Crippen LogP contribution in [-0.2, 0) is 19.5 Å². The highest BCUT2D eigenvalue weighted by Crippen LogP contribution is 2.13. The molecule has 3 rings (SSSR count). The Bertz CT molecular complexity index is 856. The number of carbonyl (C=O) groups excluding carboxylic acids is 1. The van der Waals surface area contributed by atoms with Crippen LogP contribution >= 0.6 is 0 Å². The van der Waals surface area contributed by atoms with Crippen LogP contribution in [0, 0.1) is 0 Å². The van der Waals surface area contributed by atoms with Crippen LogP contribution in [0.3, 0.4) is 0 Å². The molecule has 1 aliphatic heterocycles. The van der Waals surface area contributed by atoms with Crippen LogP contribution in [0.15, 0.2) is 53.5 Å². The molecule has 6 heteroatoms. The maximum atomic E-state index is 11.8. The van der Waals surface area contributed by atoms with E-state index in [4.69, 9.17) is 4.99 Å². The van der Waals surface area contributed by atoms with E-state index in [-0.39, 0.29) is 5.91 Å². The summed E-state index contributed by atoms with van der Waals surface area (Å²) in [7, 11) is 1.65. The van der Waals surface area contributed by atoms with E-state index in [1.165, 1.54) is 37.1 Å². The molecule has 0 saturated carbocycles. The van der Waals surface area contributed by atoms with Gasteiger partial charge in [-0.3, -0.25) is 9.69 Å². The topological polar surface area (TPSA) is 68.8 Å². The molecule has 0 bridgehead atoms. The van der Waals surface area contributed by atoms with Gasteiger partial charge in [0.1, 0.15) is 0 Å². The lowest BCUT2D eigenvalue weighted by molar-refractivity contribution is 0.0963. The van der Waals surface area contributed by atoms with Gasteiger partial charge in [-0.2, -0.15) is 0 Å². The lowest BCUT2D eigenvalue weighted by atomic mass is 10.1. The minimum Gasteiger partial charge on any atom is -0.357 e. The molecule has 0 aromatic heterocycles. The van der Waals surface area contributed by atoms with Gasteiger partial charge in [-0.1, -0.05) is 36.4 Å². The third-order valence-electron chi connectivity index (χ3n) is 5.51. The first-order valence-corrected chi connectivity index (χ1v) is 11.3. The fourth-order valence-corrected chi connectivity index (χ4v) is 3.80. The van der Waals surface area contributed by atoms with Crippen molar-refractivity contribution in [3.05, 3.63) is 70.8 Å². The third kappa shape index (κ3) is 7.40. The van der Waals surface area contributed by atoms with E-state index in [2.05, 4.69) is 52.0 Å². The van der Waals surface area contributed by atoms with Crippen molar-refractivity contribution in [3.63, 3.8) is 0 Å². The molecule has 1 aliphatic rings. The van der Waals surface area contributed by atoms with E-state index >= 15 is 0 Å². The molecule has 1 fully saturated rings. The van der Waals surface area contributed by atoms with E-state index in [1.807, 2.05) is 24.3 Å². The summed E-state index contributed by atoms with van der Waals surface area (Å²) >= 11 is 0. The minimum absolute atomic E-state index is 0.0591. The van der Waals surface area contributed by atoms with Crippen LogP contribution < -0.4 is 16.0 Å². The van der Waals surface area contributed by atoms with Crippen molar-refractivity contribution >= 4 is 11.9 Å². The minimum atomic E-state index is -0.0591. The number of likely N-dealkylation sites (tertiary alicyclic amines) is 1. The van der Waals surface area contributed by atoms with Gasteiger partial charge < -0.3 is 16.0 Å². The normalized spacial score (nSPS) is 14.5. The molecule has 0 radical (unpaired) electrons. The molecule has 31 heavy (non-hydrogen) atoms. The van der Waals surface area contributed by atoms with E-state index in [9.17, 15) is 4.79 Å². The Labute approximate surface area is 186 Å². The highest BCUT2D eigenvalue weighted by atomic mass is 16.1. The summed E-state index contributed by atoms with van der Waals surface area (Å²) in [5.74, 6) is 0.752. The van der Waals surface area contributed by atoms with E-state index in [0.29, 0.717) is 12.1 Å². The summed E-state index contributed by atoms with van der Waals surface area (Å²) in [6.45, 7) is 7.77. The second-order valence-electron chi connectivity index (χ2n) is 7.95. The van der Waals surface area contributed by atoms with Crippen LogP contribution in [0.1, 0.15) is 46.8 Å². The molecule has 6 nitrogen and oxygen atoms in total. The van der Waals surface area contributed by atoms with Crippen LogP contribution in [0.25, 0.3) is 0 Å². The number of aliphatic imine (C=N–C) groups is 1. The Morgan fingerprint density at radius 2 is 1.74 bits per heavy atom. The Morgan fingerprint density at radius 3 is 2.45 bits per heavy atom. The zero-order valence-electron chi connectivity index (χ0n) is 18.8. The van der Waals surface area contributed by atoms with Crippen molar-refractivity contribution in [3.8, 4) is 0 Å². The number of guanidine groups is 1. The van der Waals surface area contributed by atoms with E-state index in [1.54, 1.807) is 7.05 Å². The summed E-state index contributed by atoms with van der Waals surface area (Å²) in [6, 6.07) is 16.6. The largest absolute Gasteiger partial charge is 0.357 e. The maximum Gasteiger partial charge on any atom is 0.251 e. The van der Waals surface area contributed by atoms with Gasteiger partial charge in [-0.25, -0.2) is 4.99 Å². The number of amides is 1. The molecular formula is C25H35N5O. The highest BCUT2D eigenvalue weighted by Gasteiger charge is 2.11. The summed E-state index contributed by atoms with van der Waals surface area (Å²) in [4.78, 5) is 19.0. The van der Waals surface area contributed by atoms with Gasteiger partial charge in [0, 0.05) is 32.2 Å². The first-order valence-electron chi connectivity index (χ1n) is 11.3. The van der Waals surface area contributed by atoms with Crippen LogP contribution in [0.2, 0.25) is 0 Å². The SMILES string of the molecule is CCNC(=NCc1ccc(CN2CCCC2)cc1)NCCc1cccc(C(=O)NC)c1. The first-order chi connectivity index (χ1) is 15.2. The fourth-order valence-electron chi connectivity index (χ4n) is 3.80. The Morgan fingerprint density at radius 1 is 1.00 bits per heavy atom. The lowest BCUT2D eigenvalue weighted by Gasteiger charge is -2.14. The average molecular weight is 422 g/mol. The third-order valence-corrected chi connectivity index (χ3v) is 5.51. The molecule has 1 heterocycles. The number of hydrogen-bond acceptors (Lipinski definition) is 3. The summed E-state index contributed by atoms with van der Waals surface area (Å²) in [6.07, 6.45) is 3.47. The quantitative estimate of drug-likeness (QED) is 0.430. The molecule has 0 unspecified atom stereocenters. The fraction of sp³-hybridized carbons (Fsp3) is 0.440.